The topological polar surface area (TPSA) is 60.2 Å². The molecule has 62 valence electrons. The molecule has 1 rings (SSSR count). The fraction of sp³-hybridized carbons (Fsp3) is 1.00. The van der Waals surface area contributed by atoms with Crippen molar-refractivity contribution in [1.82, 2.24) is 0 Å². The molecule has 1 fully saturated rings. The van der Waals surface area contributed by atoms with Crippen LogP contribution < -0.4 is 5.73 Å². The lowest BCUT2D eigenvalue weighted by Gasteiger charge is -2.30. The van der Waals surface area contributed by atoms with Crippen LogP contribution >= 0.6 is 12.4 Å². The minimum atomic E-state index is -2.78. The third kappa shape index (κ3) is 2.11. The molecule has 0 heterocycles. The van der Waals surface area contributed by atoms with Gasteiger partial charge in [-0.25, -0.2) is 8.42 Å². The minimum absolute atomic E-state index is 0. The molecule has 0 unspecified atom stereocenters. The van der Waals surface area contributed by atoms with Crippen LogP contribution in [0.25, 0.3) is 0 Å². The smallest absolute Gasteiger partial charge is 0.150 e. The molecule has 0 aromatic heterocycles. The molecule has 0 aliphatic heterocycles. The van der Waals surface area contributed by atoms with Crippen molar-refractivity contribution in [1.29, 1.82) is 0 Å². The van der Waals surface area contributed by atoms with Crippen LogP contribution in [0.5, 0.6) is 0 Å². The van der Waals surface area contributed by atoms with Crippen LogP contribution in [-0.2, 0) is 9.84 Å². The number of rotatable bonds is 1. The molecule has 1 aliphatic carbocycles. The van der Waals surface area contributed by atoms with Gasteiger partial charge in [0.05, 0.1) is 5.25 Å². The van der Waals surface area contributed by atoms with Crippen LogP contribution in [0.3, 0.4) is 0 Å². The second kappa shape index (κ2) is 3.07. The van der Waals surface area contributed by atoms with E-state index >= 15 is 0 Å². The Balaban J connectivity index is 0.000000810. The Morgan fingerprint density at radius 1 is 1.40 bits per heavy atom. The first-order valence-corrected chi connectivity index (χ1v) is 4.90. The van der Waals surface area contributed by atoms with Crippen molar-refractivity contribution < 1.29 is 8.42 Å². The highest BCUT2D eigenvalue weighted by Crippen LogP contribution is 2.24. The van der Waals surface area contributed by atoms with Gasteiger partial charge in [0.1, 0.15) is 9.84 Å². The van der Waals surface area contributed by atoms with Crippen molar-refractivity contribution >= 4 is 22.2 Å². The van der Waals surface area contributed by atoms with Crippen LogP contribution in [-0.4, -0.2) is 26.0 Å². The summed E-state index contributed by atoms with van der Waals surface area (Å²) in [7, 11) is -2.78. The van der Waals surface area contributed by atoms with Gasteiger partial charge in [-0.15, -0.1) is 12.4 Å². The largest absolute Gasteiger partial charge is 0.328 e. The van der Waals surface area contributed by atoms with Crippen molar-refractivity contribution in [2.24, 2.45) is 5.73 Å². The van der Waals surface area contributed by atoms with E-state index in [1.807, 2.05) is 0 Å². The molecule has 0 atom stereocenters. The SMILES string of the molecule is CS(=O)(=O)[C@H]1C[C@H](N)C1.Cl. The van der Waals surface area contributed by atoms with Gasteiger partial charge in [0, 0.05) is 12.3 Å². The normalized spacial score (nSPS) is 32.2. The van der Waals surface area contributed by atoms with E-state index in [-0.39, 0.29) is 23.7 Å². The van der Waals surface area contributed by atoms with Gasteiger partial charge in [0.15, 0.2) is 0 Å². The number of nitrogens with two attached hydrogens (primary N) is 1. The average molecular weight is 186 g/mol. The van der Waals surface area contributed by atoms with E-state index < -0.39 is 9.84 Å². The van der Waals surface area contributed by atoms with E-state index in [4.69, 9.17) is 5.73 Å². The highest BCUT2D eigenvalue weighted by Gasteiger charge is 2.33. The predicted octanol–water partition coefficient (Wildman–Crippen LogP) is -0.0575. The quantitative estimate of drug-likeness (QED) is 0.623. The van der Waals surface area contributed by atoms with Gasteiger partial charge in [-0.3, -0.25) is 0 Å². The predicted molar refractivity (Wildman–Crippen MR) is 43.1 cm³/mol. The summed E-state index contributed by atoms with van der Waals surface area (Å²) in [5.41, 5.74) is 5.40. The second-order valence-electron chi connectivity index (χ2n) is 2.68. The number of hydrogen-bond donors (Lipinski definition) is 1. The molecule has 2 N–H and O–H groups in total. The summed E-state index contributed by atoms with van der Waals surface area (Å²) in [5.74, 6) is 0. The summed E-state index contributed by atoms with van der Waals surface area (Å²) in [6, 6.07) is 0.129. The second-order valence-corrected chi connectivity index (χ2v) is 5.01. The number of sulfone groups is 1. The fourth-order valence-corrected chi connectivity index (χ4v) is 2.15. The molecule has 0 aromatic rings. The van der Waals surface area contributed by atoms with Gasteiger partial charge in [-0.1, -0.05) is 0 Å². The van der Waals surface area contributed by atoms with Crippen LogP contribution in [0.2, 0.25) is 0 Å². The molecule has 0 saturated heterocycles. The van der Waals surface area contributed by atoms with Crippen molar-refractivity contribution in [2.75, 3.05) is 6.26 Å². The summed E-state index contributed by atoms with van der Waals surface area (Å²) in [4.78, 5) is 0. The molecule has 0 radical (unpaired) electrons. The molecule has 0 bridgehead atoms. The summed E-state index contributed by atoms with van der Waals surface area (Å²) < 4.78 is 21.4. The summed E-state index contributed by atoms with van der Waals surface area (Å²) in [6.45, 7) is 0. The van der Waals surface area contributed by atoms with Crippen LogP contribution in [0, 0.1) is 0 Å². The zero-order valence-corrected chi connectivity index (χ0v) is 7.41. The molecule has 0 amide bonds. The van der Waals surface area contributed by atoms with Crippen molar-refractivity contribution in [3.63, 3.8) is 0 Å². The van der Waals surface area contributed by atoms with Crippen LogP contribution in [0.1, 0.15) is 12.8 Å². The Morgan fingerprint density at radius 2 is 1.80 bits per heavy atom. The highest BCUT2D eigenvalue weighted by atomic mass is 35.5. The van der Waals surface area contributed by atoms with Crippen molar-refractivity contribution in [3.8, 4) is 0 Å². The van der Waals surface area contributed by atoms with Gasteiger partial charge in [0.25, 0.3) is 0 Å². The van der Waals surface area contributed by atoms with E-state index in [0.29, 0.717) is 12.8 Å². The van der Waals surface area contributed by atoms with E-state index in [1.54, 1.807) is 0 Å². The van der Waals surface area contributed by atoms with Gasteiger partial charge < -0.3 is 5.73 Å². The lowest BCUT2D eigenvalue weighted by atomic mass is 9.94. The monoisotopic (exact) mass is 185 g/mol. The van der Waals surface area contributed by atoms with E-state index in [0.717, 1.165) is 0 Å². The Morgan fingerprint density at radius 3 is 1.90 bits per heavy atom. The molecule has 0 spiro atoms. The maximum Gasteiger partial charge on any atom is 0.150 e. The summed E-state index contributed by atoms with van der Waals surface area (Å²) in [6.07, 6.45) is 2.57. The van der Waals surface area contributed by atoms with E-state index in [2.05, 4.69) is 0 Å². The lowest BCUT2D eigenvalue weighted by molar-refractivity contribution is 0.410. The zero-order valence-electron chi connectivity index (χ0n) is 5.78. The number of halogens is 1. The standard InChI is InChI=1S/C5H11NO2S.ClH/c1-9(7,8)5-2-4(6)3-5;/h4-5H,2-3,6H2,1H3;1H/t4-,5-;. The molecule has 5 heteroatoms. The Labute approximate surface area is 67.3 Å². The molecule has 1 aliphatic rings. The van der Waals surface area contributed by atoms with Crippen LogP contribution in [0.4, 0.5) is 0 Å². The van der Waals surface area contributed by atoms with Crippen molar-refractivity contribution in [3.05, 3.63) is 0 Å². The summed E-state index contributed by atoms with van der Waals surface area (Å²) in [5, 5.41) is -0.146. The maximum atomic E-state index is 10.7. The van der Waals surface area contributed by atoms with Gasteiger partial charge in [-0.2, -0.15) is 0 Å². The molecule has 1 saturated carbocycles. The highest BCUT2D eigenvalue weighted by molar-refractivity contribution is 7.91. The van der Waals surface area contributed by atoms with E-state index in [1.165, 1.54) is 6.26 Å². The first-order chi connectivity index (χ1) is 4.00. The summed E-state index contributed by atoms with van der Waals surface area (Å²) >= 11 is 0. The lowest BCUT2D eigenvalue weighted by Crippen LogP contribution is -2.44. The Bertz CT molecular complexity index is 196. The molecule has 0 aromatic carbocycles. The number of hydrogen-bond acceptors (Lipinski definition) is 3. The van der Waals surface area contributed by atoms with Crippen molar-refractivity contribution in [2.45, 2.75) is 24.1 Å². The van der Waals surface area contributed by atoms with Gasteiger partial charge >= 0.3 is 0 Å². The van der Waals surface area contributed by atoms with Crippen LogP contribution in [0.15, 0.2) is 0 Å². The molecular formula is C5H12ClNO2S. The third-order valence-electron chi connectivity index (χ3n) is 1.74. The Kier molecular flexibility index (Phi) is 3.13. The molecule has 3 nitrogen and oxygen atoms in total. The third-order valence-corrected chi connectivity index (χ3v) is 3.33. The first-order valence-electron chi connectivity index (χ1n) is 2.94. The molecule has 10 heavy (non-hydrogen) atoms. The minimum Gasteiger partial charge on any atom is -0.328 e. The Hall–Kier alpha value is 0.200. The maximum absolute atomic E-state index is 10.7. The zero-order chi connectivity index (χ0) is 7.07. The van der Waals surface area contributed by atoms with Gasteiger partial charge in [0.2, 0.25) is 0 Å². The fourth-order valence-electron chi connectivity index (χ4n) is 0.956. The van der Waals surface area contributed by atoms with E-state index in [9.17, 15) is 8.42 Å². The van der Waals surface area contributed by atoms with Gasteiger partial charge in [-0.05, 0) is 12.8 Å². The average Bonchev–Trinajstić information content (AvgIpc) is 1.55. The first kappa shape index (κ1) is 10.2. The molecular weight excluding hydrogens is 174 g/mol.